The van der Waals surface area contributed by atoms with Gasteiger partial charge in [0.05, 0.1) is 0 Å². The first-order valence-electron chi connectivity index (χ1n) is 6.95. The second-order valence-electron chi connectivity index (χ2n) is 5.49. The van der Waals surface area contributed by atoms with Gasteiger partial charge in [0.25, 0.3) is 0 Å². The van der Waals surface area contributed by atoms with Gasteiger partial charge in [-0.3, -0.25) is 0 Å². The summed E-state index contributed by atoms with van der Waals surface area (Å²) in [4.78, 5) is 8.47. The Morgan fingerprint density at radius 3 is 2.45 bits per heavy atom. The normalized spacial score (nSPS) is 10.7. The largest absolute Gasteiger partial charge is 0.370 e. The molecule has 4 heteroatoms. The van der Waals surface area contributed by atoms with Crippen LogP contribution in [0.5, 0.6) is 0 Å². The van der Waals surface area contributed by atoms with E-state index in [1.165, 1.54) is 11.1 Å². The van der Waals surface area contributed by atoms with Crippen LogP contribution in [0.4, 0.5) is 17.3 Å². The molecule has 0 bridgehead atoms. The zero-order valence-electron chi connectivity index (χ0n) is 12.6. The average molecular weight is 270 g/mol. The molecule has 2 rings (SSSR count). The highest BCUT2D eigenvalue weighted by atomic mass is 15.1. The Labute approximate surface area is 120 Å². The van der Waals surface area contributed by atoms with Crippen LogP contribution in [0.15, 0.2) is 30.6 Å². The third-order valence-corrected chi connectivity index (χ3v) is 3.14. The van der Waals surface area contributed by atoms with E-state index in [9.17, 15) is 0 Å². The maximum absolute atomic E-state index is 4.25. The number of nitrogens with zero attached hydrogens (tertiary/aromatic N) is 2. The summed E-state index contributed by atoms with van der Waals surface area (Å²) in [6.45, 7) is 9.46. The van der Waals surface area contributed by atoms with Gasteiger partial charge < -0.3 is 10.6 Å². The number of nitrogens with one attached hydrogen (secondary N) is 2. The number of aromatic nitrogens is 2. The number of anilines is 3. The lowest BCUT2D eigenvalue weighted by molar-refractivity contribution is 0.687. The molecule has 106 valence electrons. The topological polar surface area (TPSA) is 49.8 Å². The fourth-order valence-corrected chi connectivity index (χ4v) is 1.80. The monoisotopic (exact) mass is 270 g/mol. The Bertz CT molecular complexity index is 578. The van der Waals surface area contributed by atoms with E-state index in [-0.39, 0.29) is 0 Å². The lowest BCUT2D eigenvalue weighted by Gasteiger charge is -2.11. The summed E-state index contributed by atoms with van der Waals surface area (Å²) >= 11 is 0. The molecule has 0 amide bonds. The third-order valence-electron chi connectivity index (χ3n) is 3.14. The zero-order valence-corrected chi connectivity index (χ0v) is 12.6. The average Bonchev–Trinajstić information content (AvgIpc) is 2.41. The van der Waals surface area contributed by atoms with Crippen molar-refractivity contribution in [2.45, 2.75) is 27.7 Å². The Balaban J connectivity index is 2.08. The minimum absolute atomic E-state index is 0.584. The van der Waals surface area contributed by atoms with Gasteiger partial charge in [0, 0.05) is 18.3 Å². The molecule has 1 aromatic heterocycles. The quantitative estimate of drug-likeness (QED) is 0.865. The van der Waals surface area contributed by atoms with Gasteiger partial charge >= 0.3 is 0 Å². The van der Waals surface area contributed by atoms with E-state index < -0.39 is 0 Å². The van der Waals surface area contributed by atoms with E-state index in [0.29, 0.717) is 5.92 Å². The number of hydrogen-bond donors (Lipinski definition) is 2. The molecule has 0 saturated heterocycles. The molecule has 0 aliphatic rings. The van der Waals surface area contributed by atoms with Crippen molar-refractivity contribution in [3.8, 4) is 0 Å². The number of benzene rings is 1. The first-order chi connectivity index (χ1) is 9.54. The smallest absolute Gasteiger partial charge is 0.135 e. The second kappa shape index (κ2) is 6.37. The summed E-state index contributed by atoms with van der Waals surface area (Å²) in [7, 11) is 0. The van der Waals surface area contributed by atoms with Gasteiger partial charge in [-0.2, -0.15) is 0 Å². The minimum Gasteiger partial charge on any atom is -0.370 e. The molecular formula is C16H22N4. The van der Waals surface area contributed by atoms with Crippen molar-refractivity contribution in [2.75, 3.05) is 17.2 Å². The number of hydrogen-bond acceptors (Lipinski definition) is 4. The first kappa shape index (κ1) is 14.3. The summed E-state index contributed by atoms with van der Waals surface area (Å²) in [5.41, 5.74) is 3.60. The van der Waals surface area contributed by atoms with Crippen molar-refractivity contribution in [2.24, 2.45) is 5.92 Å². The van der Waals surface area contributed by atoms with Crippen LogP contribution in [-0.4, -0.2) is 16.5 Å². The van der Waals surface area contributed by atoms with Gasteiger partial charge in [-0.05, 0) is 43.0 Å². The van der Waals surface area contributed by atoms with E-state index in [2.05, 4.69) is 66.5 Å². The first-order valence-corrected chi connectivity index (χ1v) is 6.95. The van der Waals surface area contributed by atoms with E-state index in [1.807, 2.05) is 6.07 Å². The fourth-order valence-electron chi connectivity index (χ4n) is 1.80. The van der Waals surface area contributed by atoms with Gasteiger partial charge in [-0.1, -0.05) is 19.9 Å². The highest BCUT2D eigenvalue weighted by Gasteiger charge is 2.01. The third kappa shape index (κ3) is 3.95. The predicted molar refractivity (Wildman–Crippen MR) is 84.6 cm³/mol. The molecule has 2 N–H and O–H groups in total. The Morgan fingerprint density at radius 2 is 1.75 bits per heavy atom. The Hall–Kier alpha value is -2.10. The molecule has 0 atom stereocenters. The van der Waals surface area contributed by atoms with Crippen LogP contribution in [-0.2, 0) is 0 Å². The molecule has 0 aliphatic carbocycles. The molecule has 0 unspecified atom stereocenters. The second-order valence-corrected chi connectivity index (χ2v) is 5.49. The standard InChI is InChI=1S/C16H22N4/c1-11(2)9-17-15-8-16(19-10-18-15)20-14-6-5-12(3)13(4)7-14/h5-8,10-11H,9H2,1-4H3,(H2,17,18,19,20). The van der Waals surface area contributed by atoms with Gasteiger partial charge in [0.15, 0.2) is 0 Å². The van der Waals surface area contributed by atoms with Crippen molar-refractivity contribution < 1.29 is 0 Å². The molecule has 0 saturated carbocycles. The summed E-state index contributed by atoms with van der Waals surface area (Å²) < 4.78 is 0. The maximum atomic E-state index is 4.25. The van der Waals surface area contributed by atoms with Gasteiger partial charge in [-0.25, -0.2) is 9.97 Å². The van der Waals surface area contributed by atoms with Crippen molar-refractivity contribution in [3.05, 3.63) is 41.7 Å². The maximum Gasteiger partial charge on any atom is 0.135 e. The summed E-state index contributed by atoms with van der Waals surface area (Å²) in [6, 6.07) is 8.22. The van der Waals surface area contributed by atoms with Crippen molar-refractivity contribution in [1.29, 1.82) is 0 Å². The highest BCUT2D eigenvalue weighted by Crippen LogP contribution is 2.19. The summed E-state index contributed by atoms with van der Waals surface area (Å²) in [5, 5.41) is 6.61. The van der Waals surface area contributed by atoms with E-state index in [4.69, 9.17) is 0 Å². The molecule has 4 nitrogen and oxygen atoms in total. The Kier molecular flexibility index (Phi) is 4.56. The van der Waals surface area contributed by atoms with Crippen molar-refractivity contribution >= 4 is 17.3 Å². The molecule has 0 spiro atoms. The highest BCUT2D eigenvalue weighted by molar-refractivity contribution is 5.60. The Morgan fingerprint density at radius 1 is 1.00 bits per heavy atom. The molecule has 20 heavy (non-hydrogen) atoms. The summed E-state index contributed by atoms with van der Waals surface area (Å²) in [6.07, 6.45) is 1.58. The van der Waals surface area contributed by atoms with E-state index in [1.54, 1.807) is 6.33 Å². The van der Waals surface area contributed by atoms with Crippen LogP contribution in [0, 0.1) is 19.8 Å². The minimum atomic E-state index is 0.584. The van der Waals surface area contributed by atoms with Crippen molar-refractivity contribution in [3.63, 3.8) is 0 Å². The van der Waals surface area contributed by atoms with Crippen LogP contribution in [0.3, 0.4) is 0 Å². The molecular weight excluding hydrogens is 248 g/mol. The van der Waals surface area contributed by atoms with Crippen LogP contribution < -0.4 is 10.6 Å². The molecule has 1 aromatic carbocycles. The van der Waals surface area contributed by atoms with Crippen LogP contribution >= 0.6 is 0 Å². The van der Waals surface area contributed by atoms with Gasteiger partial charge in [0.2, 0.25) is 0 Å². The summed E-state index contributed by atoms with van der Waals surface area (Å²) in [5.74, 6) is 2.23. The van der Waals surface area contributed by atoms with Crippen LogP contribution in [0.2, 0.25) is 0 Å². The fraction of sp³-hybridized carbons (Fsp3) is 0.375. The van der Waals surface area contributed by atoms with Crippen LogP contribution in [0.1, 0.15) is 25.0 Å². The lowest BCUT2D eigenvalue weighted by Crippen LogP contribution is -2.09. The van der Waals surface area contributed by atoms with Gasteiger partial charge in [0.1, 0.15) is 18.0 Å². The molecule has 0 radical (unpaired) electrons. The predicted octanol–water partition coefficient (Wildman–Crippen LogP) is 3.90. The molecule has 0 fully saturated rings. The van der Waals surface area contributed by atoms with E-state index >= 15 is 0 Å². The molecule has 1 heterocycles. The SMILES string of the molecule is Cc1ccc(Nc2cc(NCC(C)C)ncn2)cc1C. The molecule has 2 aromatic rings. The molecule has 0 aliphatic heterocycles. The number of rotatable bonds is 5. The number of aryl methyl sites for hydroxylation is 2. The van der Waals surface area contributed by atoms with Gasteiger partial charge in [-0.15, -0.1) is 0 Å². The zero-order chi connectivity index (χ0) is 14.5. The van der Waals surface area contributed by atoms with E-state index in [0.717, 1.165) is 23.9 Å². The van der Waals surface area contributed by atoms with Crippen LogP contribution in [0.25, 0.3) is 0 Å². The van der Waals surface area contributed by atoms with Crippen molar-refractivity contribution in [1.82, 2.24) is 9.97 Å². The lowest BCUT2D eigenvalue weighted by atomic mass is 10.1.